The molecule has 0 saturated carbocycles. The molecule has 4 N–H and O–H groups in total. The van der Waals surface area contributed by atoms with Crippen LogP contribution in [0, 0.1) is 6.92 Å². The topological polar surface area (TPSA) is 112 Å². The molecule has 0 bridgehead atoms. The van der Waals surface area contributed by atoms with Gasteiger partial charge in [-0.1, -0.05) is 194 Å². The predicted octanol–water partition coefficient (Wildman–Crippen LogP) is 14.6. The maximum Gasteiger partial charge on any atom is 0.138 e. The molecule has 83 heavy (non-hydrogen) atoms. The number of nitrogens with two attached hydrogens (primary N) is 1. The van der Waals surface area contributed by atoms with Crippen LogP contribution < -0.4 is 16.4 Å². The van der Waals surface area contributed by atoms with Gasteiger partial charge in [0.25, 0.3) is 0 Å². The summed E-state index contributed by atoms with van der Waals surface area (Å²) in [7, 11) is 0. The molecule has 0 aliphatic heterocycles. The van der Waals surface area contributed by atoms with Crippen LogP contribution in [0.1, 0.15) is 52.8 Å². The van der Waals surface area contributed by atoms with Crippen LogP contribution in [0.4, 0.5) is 17.3 Å². The Balaban J connectivity index is 0.000000329. The van der Waals surface area contributed by atoms with Gasteiger partial charge < -0.3 is 16.4 Å². The van der Waals surface area contributed by atoms with Gasteiger partial charge in [-0.05, 0) is 109 Å². The van der Waals surface area contributed by atoms with Crippen LogP contribution in [0.2, 0.25) is 0 Å². The number of pyridine rings is 2. The summed E-state index contributed by atoms with van der Waals surface area (Å²) in [6.45, 7) is 7.88. The van der Waals surface area contributed by atoms with E-state index in [2.05, 4.69) is 263 Å². The van der Waals surface area contributed by atoms with Crippen LogP contribution >= 0.6 is 0 Å². The number of fused-ring (bicyclic) bond motifs is 2. The molecule has 16 heteroatoms. The smallest absolute Gasteiger partial charge is 0.138 e. The van der Waals surface area contributed by atoms with E-state index in [4.69, 9.17) is 15.9 Å². The Bertz CT molecular complexity index is 3440. The second kappa shape index (κ2) is 34.8. The Morgan fingerprint density at radius 3 is 0.988 bits per heavy atom. The van der Waals surface area contributed by atoms with E-state index < -0.39 is 11.1 Å². The summed E-state index contributed by atoms with van der Waals surface area (Å²) in [6.07, 6.45) is 3.68. The summed E-state index contributed by atoms with van der Waals surface area (Å²) in [5, 5.41) is 19.6. The van der Waals surface area contributed by atoms with Crippen LogP contribution in [-0.4, -0.2) is 42.6 Å². The van der Waals surface area contributed by atoms with E-state index in [0.29, 0.717) is 5.69 Å². The number of rotatable bonds is 14. The van der Waals surface area contributed by atoms with Crippen molar-refractivity contribution in [3.05, 3.63) is 294 Å². The van der Waals surface area contributed by atoms with Gasteiger partial charge in [-0.2, -0.15) is 10.2 Å². The number of aryl methyl sites for hydroxylation is 1. The third-order valence-corrected chi connectivity index (χ3v) is 14.1. The normalized spacial score (nSPS) is 10.5. The SMILES string of the molecule is CCNc1cc(-c2nn(C(c3ccccc3)(c3ccccc3)c3ccccc3)c3ccc(C)cc23)ccn1.CCNc1cc(-c2nn(C(c3ccccc3)(c3ccccc3)c3ccccc3)c3ccc(N)cc23)ccn1.[Y].[Y].[Y].[Y].[Y].[Y].[Y]. The molecule has 0 amide bonds. The van der Waals surface area contributed by atoms with Crippen molar-refractivity contribution >= 4 is 39.1 Å². The van der Waals surface area contributed by atoms with Gasteiger partial charge in [-0.25, -0.2) is 19.3 Å². The van der Waals surface area contributed by atoms with Crippen molar-refractivity contribution in [2.45, 2.75) is 31.8 Å². The number of aromatic nitrogens is 6. The molecule has 0 spiro atoms. The maximum absolute atomic E-state index is 6.34. The molecule has 12 rings (SSSR count). The molecule has 9 nitrogen and oxygen atoms in total. The molecule has 0 saturated heterocycles. The number of anilines is 3. The monoisotopic (exact) mass is 1610 g/mol. The second-order valence-electron chi connectivity index (χ2n) is 18.9. The van der Waals surface area contributed by atoms with Gasteiger partial charge in [-0.15, -0.1) is 0 Å². The fourth-order valence-electron chi connectivity index (χ4n) is 10.8. The fourth-order valence-corrected chi connectivity index (χ4v) is 10.8. The first-order valence-electron chi connectivity index (χ1n) is 26.0. The Labute approximate surface area is 664 Å². The molecule has 4 aromatic heterocycles. The Morgan fingerprint density at radius 2 is 0.675 bits per heavy atom. The van der Waals surface area contributed by atoms with Gasteiger partial charge in [0.1, 0.15) is 34.1 Å². The Morgan fingerprint density at radius 1 is 0.373 bits per heavy atom. The zero-order chi connectivity index (χ0) is 51.9. The van der Waals surface area contributed by atoms with Gasteiger partial charge in [0, 0.05) is 282 Å². The Kier molecular flexibility index (Phi) is 30.8. The third-order valence-electron chi connectivity index (χ3n) is 14.1. The van der Waals surface area contributed by atoms with Crippen molar-refractivity contribution in [3.8, 4) is 22.5 Å². The van der Waals surface area contributed by atoms with E-state index in [1.165, 1.54) is 5.56 Å². The average Bonchev–Trinajstić information content (AvgIpc) is 4.21. The predicted molar refractivity (Wildman–Crippen MR) is 313 cm³/mol. The van der Waals surface area contributed by atoms with Crippen LogP contribution in [0.3, 0.4) is 0 Å². The van der Waals surface area contributed by atoms with Gasteiger partial charge in [0.05, 0.1) is 11.0 Å². The molecular weight excluding hydrogens is 1550 g/mol. The molecule has 4 heterocycles. The van der Waals surface area contributed by atoms with E-state index in [9.17, 15) is 0 Å². The summed E-state index contributed by atoms with van der Waals surface area (Å²) in [5.74, 6) is 1.66. The molecule has 0 aliphatic rings. The summed E-state index contributed by atoms with van der Waals surface area (Å²) < 4.78 is 4.40. The quantitative estimate of drug-likeness (QED) is 0.0734. The van der Waals surface area contributed by atoms with E-state index in [0.717, 1.165) is 102 Å². The number of hydrogen-bond acceptors (Lipinski definition) is 7. The zero-order valence-corrected chi connectivity index (χ0v) is 66.8. The minimum atomic E-state index is -0.728. The van der Waals surface area contributed by atoms with Crippen molar-refractivity contribution in [1.82, 2.24) is 29.5 Å². The average molecular weight is 1610 g/mol. The first kappa shape index (κ1) is 73.6. The van der Waals surface area contributed by atoms with Crippen LogP contribution in [-0.2, 0) is 240 Å². The van der Waals surface area contributed by atoms with Crippen molar-refractivity contribution in [1.29, 1.82) is 0 Å². The molecule has 0 fully saturated rings. The summed E-state index contributed by atoms with van der Waals surface area (Å²) >= 11 is 0. The van der Waals surface area contributed by atoms with E-state index in [1.807, 2.05) is 42.7 Å². The number of nitrogen functional groups attached to an aromatic ring is 1. The largest absolute Gasteiger partial charge is 0.399 e. The summed E-state index contributed by atoms with van der Waals surface area (Å²) in [4.78, 5) is 8.99. The Hall–Kier alpha value is -1.87. The van der Waals surface area contributed by atoms with Crippen molar-refractivity contribution in [2.24, 2.45) is 0 Å². The fraction of sp³-hybridized carbons (Fsp3) is 0.104. The van der Waals surface area contributed by atoms with Crippen molar-refractivity contribution in [3.63, 3.8) is 0 Å². The molecule has 8 aromatic carbocycles. The molecule has 12 aromatic rings. The molecule has 7 radical (unpaired) electrons. The molecule has 0 unspecified atom stereocenters. The van der Waals surface area contributed by atoms with Gasteiger partial charge in [0.2, 0.25) is 0 Å². The van der Waals surface area contributed by atoms with Gasteiger partial charge >= 0.3 is 0 Å². The van der Waals surface area contributed by atoms with Gasteiger partial charge in [0.15, 0.2) is 0 Å². The van der Waals surface area contributed by atoms with Crippen LogP contribution in [0.25, 0.3) is 44.3 Å². The van der Waals surface area contributed by atoms with Gasteiger partial charge in [-0.3, -0.25) is 0 Å². The first-order chi connectivity index (χ1) is 37.4. The van der Waals surface area contributed by atoms with Crippen molar-refractivity contribution in [2.75, 3.05) is 29.5 Å². The zero-order valence-electron chi connectivity index (χ0n) is 47.0. The third kappa shape index (κ3) is 15.4. The number of hydrogen-bond donors (Lipinski definition) is 3. The first-order valence-corrected chi connectivity index (χ1v) is 26.0. The van der Waals surface area contributed by atoms with E-state index >= 15 is 0 Å². The van der Waals surface area contributed by atoms with Crippen LogP contribution in [0.5, 0.6) is 0 Å². The number of benzene rings is 8. The van der Waals surface area contributed by atoms with E-state index in [-0.39, 0.29) is 229 Å². The summed E-state index contributed by atoms with van der Waals surface area (Å²) in [5.41, 5.74) is 19.5. The van der Waals surface area contributed by atoms with E-state index in [1.54, 1.807) is 0 Å². The molecule has 0 atom stereocenters. The molecule has 0 aliphatic carbocycles. The minimum absolute atomic E-state index is 0. The standard InChI is InChI=1S/C34H30N4.C33H29N5.7Y/c1-3-35-32-24-26(21-22-36-32)33-30-23-25(2)19-20-31(30)38(37-33)34(27-13-7-4-8-14-27,28-15-9-5-10-16-28)29-17-11-6-12-18-29;1-2-35-31-22-24(20-21-36-31)32-29-23-28(34)18-19-30(29)38(37-32)33(25-12-6-3-7-13-25,26-14-8-4-9-15-26)27-16-10-5-11-17-27;;;;;;;/h4-24H,3H2,1-2H3,(H,35,36);3-23H,2,34H2,1H3,(H,35,36);;;;;;;. The second-order valence-corrected chi connectivity index (χ2v) is 18.9. The summed E-state index contributed by atoms with van der Waals surface area (Å²) in [6, 6.07) is 84.7. The molecule has 393 valence electrons. The number of nitrogens with zero attached hydrogens (tertiary/aromatic N) is 6. The minimum Gasteiger partial charge on any atom is -0.399 e. The maximum atomic E-state index is 6.34. The van der Waals surface area contributed by atoms with Crippen LogP contribution in [0.15, 0.2) is 255 Å². The number of nitrogens with one attached hydrogen (secondary N) is 2. The molecular formula is C67H59N9Y7. The van der Waals surface area contributed by atoms with Crippen molar-refractivity contribution < 1.29 is 229 Å².